The third-order valence-electron chi connectivity index (χ3n) is 3.42. The van der Waals surface area contributed by atoms with Gasteiger partial charge in [-0.2, -0.15) is 11.3 Å². The van der Waals surface area contributed by atoms with Crippen LogP contribution in [-0.4, -0.2) is 74.6 Å². The van der Waals surface area contributed by atoms with Crippen LogP contribution < -0.4 is 5.32 Å². The van der Waals surface area contributed by atoms with Crippen molar-refractivity contribution in [2.24, 2.45) is 0 Å². The number of nitrogens with one attached hydrogen (secondary N) is 1. The molecule has 0 aromatic carbocycles. The van der Waals surface area contributed by atoms with Crippen molar-refractivity contribution in [1.29, 1.82) is 0 Å². The van der Waals surface area contributed by atoms with E-state index in [1.165, 1.54) is 11.3 Å². The maximum absolute atomic E-state index is 12.2. The molecule has 1 aliphatic heterocycles. The van der Waals surface area contributed by atoms with Gasteiger partial charge in [0.1, 0.15) is 0 Å². The van der Waals surface area contributed by atoms with Crippen LogP contribution in [0.3, 0.4) is 0 Å². The van der Waals surface area contributed by atoms with E-state index in [4.69, 9.17) is 4.74 Å². The highest BCUT2D eigenvalue weighted by molar-refractivity contribution is 7.08. The average molecular weight is 311 g/mol. The van der Waals surface area contributed by atoms with E-state index in [0.29, 0.717) is 32.8 Å². The van der Waals surface area contributed by atoms with Crippen molar-refractivity contribution in [1.82, 2.24) is 15.1 Å². The largest absolute Gasteiger partial charge is 0.383 e. The van der Waals surface area contributed by atoms with Crippen LogP contribution in [0.25, 0.3) is 0 Å². The van der Waals surface area contributed by atoms with Crippen molar-refractivity contribution in [2.75, 3.05) is 53.0 Å². The van der Waals surface area contributed by atoms with Gasteiger partial charge in [-0.1, -0.05) is 0 Å². The Bertz CT molecular complexity index is 456. The van der Waals surface area contributed by atoms with E-state index >= 15 is 0 Å². The fraction of sp³-hybridized carbons (Fsp3) is 0.571. The van der Waals surface area contributed by atoms with Crippen molar-refractivity contribution in [3.63, 3.8) is 0 Å². The van der Waals surface area contributed by atoms with Gasteiger partial charge in [0.05, 0.1) is 18.7 Å². The summed E-state index contributed by atoms with van der Waals surface area (Å²) in [5.74, 6) is 0.0881. The lowest BCUT2D eigenvalue weighted by Gasteiger charge is -2.34. The van der Waals surface area contributed by atoms with Crippen LogP contribution in [0.15, 0.2) is 16.8 Å². The molecule has 1 fully saturated rings. The first kappa shape index (κ1) is 15.9. The van der Waals surface area contributed by atoms with Gasteiger partial charge in [-0.3, -0.25) is 14.5 Å². The minimum absolute atomic E-state index is 0.00432. The van der Waals surface area contributed by atoms with E-state index < -0.39 is 0 Å². The summed E-state index contributed by atoms with van der Waals surface area (Å²) in [5.41, 5.74) is 0.755. The standard InChI is InChI=1S/C14H21N3O3S/c1-20-8-3-15-13(18)10-16-4-6-17(7-5-16)14(19)12-2-9-21-11-12/h2,9,11H,3-8,10H2,1H3,(H,15,18). The third kappa shape index (κ3) is 4.80. The minimum Gasteiger partial charge on any atom is -0.383 e. The lowest BCUT2D eigenvalue weighted by atomic mass is 10.2. The second kappa shape index (κ2) is 8.11. The Morgan fingerprint density at radius 2 is 2.10 bits per heavy atom. The van der Waals surface area contributed by atoms with Crippen molar-refractivity contribution in [3.05, 3.63) is 22.4 Å². The van der Waals surface area contributed by atoms with Gasteiger partial charge >= 0.3 is 0 Å². The quantitative estimate of drug-likeness (QED) is 0.766. The zero-order valence-corrected chi connectivity index (χ0v) is 13.0. The van der Waals surface area contributed by atoms with E-state index in [1.54, 1.807) is 7.11 Å². The molecule has 6 nitrogen and oxygen atoms in total. The zero-order valence-electron chi connectivity index (χ0n) is 12.2. The fourth-order valence-corrected chi connectivity index (χ4v) is 2.86. The molecule has 2 heterocycles. The smallest absolute Gasteiger partial charge is 0.254 e. The van der Waals surface area contributed by atoms with Gasteiger partial charge in [0.15, 0.2) is 0 Å². The molecule has 2 amide bonds. The molecule has 1 N–H and O–H groups in total. The van der Waals surface area contributed by atoms with Crippen LogP contribution in [0.2, 0.25) is 0 Å². The van der Waals surface area contributed by atoms with Crippen molar-refractivity contribution >= 4 is 23.2 Å². The number of ether oxygens (including phenoxy) is 1. The number of nitrogens with zero attached hydrogens (tertiary/aromatic N) is 2. The number of carbonyl (C=O) groups excluding carboxylic acids is 2. The average Bonchev–Trinajstić information content (AvgIpc) is 3.02. The summed E-state index contributed by atoms with van der Waals surface area (Å²) in [4.78, 5) is 27.8. The highest BCUT2D eigenvalue weighted by Gasteiger charge is 2.23. The molecule has 21 heavy (non-hydrogen) atoms. The van der Waals surface area contributed by atoms with E-state index in [1.807, 2.05) is 21.7 Å². The monoisotopic (exact) mass is 311 g/mol. The summed E-state index contributed by atoms with van der Waals surface area (Å²) >= 11 is 1.53. The highest BCUT2D eigenvalue weighted by Crippen LogP contribution is 2.11. The Labute approximate surface area is 128 Å². The van der Waals surface area contributed by atoms with E-state index in [2.05, 4.69) is 10.2 Å². The van der Waals surface area contributed by atoms with Gasteiger partial charge in [-0.05, 0) is 11.4 Å². The van der Waals surface area contributed by atoms with Crippen molar-refractivity contribution < 1.29 is 14.3 Å². The minimum atomic E-state index is 0.00432. The number of hydrogen-bond acceptors (Lipinski definition) is 5. The molecule has 1 aromatic heterocycles. The van der Waals surface area contributed by atoms with Crippen molar-refractivity contribution in [2.45, 2.75) is 0 Å². The number of carbonyl (C=O) groups is 2. The Balaban J connectivity index is 1.71. The van der Waals surface area contributed by atoms with E-state index in [9.17, 15) is 9.59 Å². The molecule has 0 spiro atoms. The van der Waals surface area contributed by atoms with E-state index in [0.717, 1.165) is 18.7 Å². The third-order valence-corrected chi connectivity index (χ3v) is 4.11. The Hall–Kier alpha value is -1.44. The van der Waals surface area contributed by atoms with Gasteiger partial charge in [0, 0.05) is 45.2 Å². The fourth-order valence-electron chi connectivity index (χ4n) is 2.23. The number of piperazine rings is 1. The molecule has 2 rings (SSSR count). The highest BCUT2D eigenvalue weighted by atomic mass is 32.1. The molecule has 0 radical (unpaired) electrons. The lowest BCUT2D eigenvalue weighted by Crippen LogP contribution is -2.51. The van der Waals surface area contributed by atoms with Crippen LogP contribution >= 0.6 is 11.3 Å². The molecule has 0 unspecified atom stereocenters. The number of hydrogen-bond donors (Lipinski definition) is 1. The molecule has 0 bridgehead atoms. The zero-order chi connectivity index (χ0) is 15.1. The van der Waals surface area contributed by atoms with E-state index in [-0.39, 0.29) is 11.8 Å². The second-order valence-corrected chi connectivity index (χ2v) is 5.70. The molecule has 116 valence electrons. The summed E-state index contributed by atoms with van der Waals surface area (Å²) in [5, 5.41) is 6.59. The summed E-state index contributed by atoms with van der Waals surface area (Å²) in [6.45, 7) is 4.23. The molecular formula is C14H21N3O3S. The van der Waals surface area contributed by atoms with Gasteiger partial charge in [-0.25, -0.2) is 0 Å². The predicted octanol–water partition coefficient (Wildman–Crippen LogP) is 0.269. The SMILES string of the molecule is COCCNC(=O)CN1CCN(C(=O)c2ccsc2)CC1. The van der Waals surface area contributed by atoms with Gasteiger partial charge < -0.3 is 15.0 Å². The summed E-state index contributed by atoms with van der Waals surface area (Å²) in [7, 11) is 1.61. The first-order valence-electron chi connectivity index (χ1n) is 7.00. The normalized spacial score (nSPS) is 16.0. The molecule has 0 atom stereocenters. The molecule has 7 heteroatoms. The summed E-state index contributed by atoms with van der Waals surface area (Å²) < 4.78 is 4.89. The predicted molar refractivity (Wildman–Crippen MR) is 81.5 cm³/mol. The number of rotatable bonds is 6. The molecule has 1 aliphatic rings. The van der Waals surface area contributed by atoms with Gasteiger partial charge in [0.25, 0.3) is 5.91 Å². The Kier molecular flexibility index (Phi) is 6.16. The van der Waals surface area contributed by atoms with Crippen LogP contribution in [0, 0.1) is 0 Å². The van der Waals surface area contributed by atoms with Crippen LogP contribution in [0.5, 0.6) is 0 Å². The first-order valence-corrected chi connectivity index (χ1v) is 7.94. The van der Waals surface area contributed by atoms with Crippen LogP contribution in [0.1, 0.15) is 10.4 Å². The maximum atomic E-state index is 12.2. The number of methoxy groups -OCH3 is 1. The Morgan fingerprint density at radius 3 is 2.71 bits per heavy atom. The molecule has 1 saturated heterocycles. The molecular weight excluding hydrogens is 290 g/mol. The number of amides is 2. The number of thiophene rings is 1. The summed E-state index contributed by atoms with van der Waals surface area (Å²) in [6, 6.07) is 1.85. The summed E-state index contributed by atoms with van der Waals surface area (Å²) in [6.07, 6.45) is 0. The Morgan fingerprint density at radius 1 is 1.33 bits per heavy atom. The topological polar surface area (TPSA) is 61.9 Å². The molecule has 0 aliphatic carbocycles. The lowest BCUT2D eigenvalue weighted by molar-refractivity contribution is -0.122. The van der Waals surface area contributed by atoms with Crippen LogP contribution in [0.4, 0.5) is 0 Å². The molecule has 1 aromatic rings. The van der Waals surface area contributed by atoms with Crippen molar-refractivity contribution in [3.8, 4) is 0 Å². The molecule has 0 saturated carbocycles. The van der Waals surface area contributed by atoms with Crippen LogP contribution in [-0.2, 0) is 9.53 Å². The second-order valence-electron chi connectivity index (χ2n) is 4.92. The maximum Gasteiger partial charge on any atom is 0.254 e. The van der Waals surface area contributed by atoms with Gasteiger partial charge in [0.2, 0.25) is 5.91 Å². The first-order chi connectivity index (χ1) is 10.2. The van der Waals surface area contributed by atoms with Gasteiger partial charge in [-0.15, -0.1) is 0 Å².